The van der Waals surface area contributed by atoms with Crippen molar-refractivity contribution < 1.29 is 24.3 Å². The van der Waals surface area contributed by atoms with Crippen molar-refractivity contribution in [1.29, 1.82) is 0 Å². The van der Waals surface area contributed by atoms with Gasteiger partial charge in [-0.25, -0.2) is 9.67 Å². The largest absolute Gasteiger partial charge is 0.481 e. The number of fused-ring (bicyclic) bond motifs is 1. The third kappa shape index (κ3) is 4.64. The summed E-state index contributed by atoms with van der Waals surface area (Å²) < 4.78 is 1.79. The van der Waals surface area contributed by atoms with Crippen LogP contribution in [0.4, 0.5) is 5.69 Å². The van der Waals surface area contributed by atoms with Gasteiger partial charge in [0, 0.05) is 44.9 Å². The van der Waals surface area contributed by atoms with Crippen LogP contribution in [-0.2, 0) is 25.8 Å². The number of aliphatic carboxylic acids is 1. The number of rotatable bonds is 8. The second-order valence-corrected chi connectivity index (χ2v) is 9.01. The van der Waals surface area contributed by atoms with Gasteiger partial charge in [-0.05, 0) is 32.6 Å². The van der Waals surface area contributed by atoms with E-state index in [9.17, 15) is 19.5 Å². The van der Waals surface area contributed by atoms with E-state index >= 15 is 0 Å². The molecule has 0 spiro atoms. The van der Waals surface area contributed by atoms with Gasteiger partial charge in [-0.15, -0.1) is 0 Å². The van der Waals surface area contributed by atoms with Crippen molar-refractivity contribution in [3.8, 4) is 0 Å². The van der Waals surface area contributed by atoms with Gasteiger partial charge < -0.3 is 25.9 Å². The Morgan fingerprint density at radius 1 is 1.17 bits per heavy atom. The summed E-state index contributed by atoms with van der Waals surface area (Å²) in [6.07, 6.45) is 5.96. The molecule has 1 aliphatic carbocycles. The summed E-state index contributed by atoms with van der Waals surface area (Å²) in [5.41, 5.74) is 1.18. The van der Waals surface area contributed by atoms with E-state index in [1.807, 2.05) is 6.92 Å². The predicted octanol–water partition coefficient (Wildman–Crippen LogP) is 1.25. The van der Waals surface area contributed by atoms with Crippen molar-refractivity contribution in [1.82, 2.24) is 25.4 Å². The maximum Gasteiger partial charge on any atom is 0.306 e. The zero-order valence-corrected chi connectivity index (χ0v) is 20.1. The Labute approximate surface area is 202 Å². The first-order valence-corrected chi connectivity index (χ1v) is 11.8. The van der Waals surface area contributed by atoms with E-state index in [-0.39, 0.29) is 30.7 Å². The molecule has 2 amide bonds. The molecule has 0 saturated heterocycles. The highest BCUT2D eigenvalue weighted by molar-refractivity contribution is 6.13. The summed E-state index contributed by atoms with van der Waals surface area (Å²) >= 11 is 0. The number of hydrogen-bond donors (Lipinski definition) is 4. The molecule has 1 atom stereocenters. The van der Waals surface area contributed by atoms with Crippen LogP contribution in [0.5, 0.6) is 0 Å². The molecule has 188 valence electrons. The molecule has 1 fully saturated rings. The summed E-state index contributed by atoms with van der Waals surface area (Å²) in [4.78, 5) is 46.5. The zero-order chi connectivity index (χ0) is 25.2. The second kappa shape index (κ2) is 9.88. The van der Waals surface area contributed by atoms with Gasteiger partial charge in [0.1, 0.15) is 0 Å². The second-order valence-electron chi connectivity index (χ2n) is 9.01. The van der Waals surface area contributed by atoms with E-state index in [0.717, 1.165) is 11.1 Å². The van der Waals surface area contributed by atoms with E-state index in [2.05, 4.69) is 31.2 Å². The summed E-state index contributed by atoms with van der Waals surface area (Å²) in [5, 5.41) is 27.5. The molecule has 1 aliphatic heterocycles. The van der Waals surface area contributed by atoms with Crippen LogP contribution in [0.25, 0.3) is 11.0 Å². The van der Waals surface area contributed by atoms with Crippen LogP contribution >= 0.6 is 0 Å². The number of nitrogens with zero attached hydrogens (tertiary/aromatic N) is 4. The molecule has 1 unspecified atom stereocenters. The number of carbonyl (C=O) groups is 3. The van der Waals surface area contributed by atoms with Crippen molar-refractivity contribution in [2.75, 3.05) is 19.4 Å². The molecule has 2 aliphatic rings. The minimum absolute atomic E-state index is 0.0671. The molecule has 1 saturated carbocycles. The van der Waals surface area contributed by atoms with Crippen LogP contribution in [0.15, 0.2) is 17.5 Å². The molecule has 4 rings (SSSR count). The number of pyridine rings is 1. The number of aromatic nitrogens is 3. The summed E-state index contributed by atoms with van der Waals surface area (Å²) in [5.74, 6) is -1.84. The Morgan fingerprint density at radius 2 is 1.91 bits per heavy atom. The Bertz CT molecular complexity index is 1170. The lowest BCUT2D eigenvalue weighted by atomic mass is 9.85. The first kappa shape index (κ1) is 24.4. The topological polar surface area (TPSA) is 160 Å². The van der Waals surface area contributed by atoms with Gasteiger partial charge >= 0.3 is 5.97 Å². The van der Waals surface area contributed by atoms with Crippen LogP contribution in [0.3, 0.4) is 0 Å². The molecule has 2 aromatic heterocycles. The Hall–Kier alpha value is -3.70. The van der Waals surface area contributed by atoms with Crippen LogP contribution < -0.4 is 16.0 Å². The van der Waals surface area contributed by atoms with Gasteiger partial charge in [0.2, 0.25) is 11.5 Å². The highest BCUT2D eigenvalue weighted by Crippen LogP contribution is 2.36. The van der Waals surface area contributed by atoms with E-state index in [4.69, 9.17) is 4.84 Å². The average Bonchev–Trinajstić information content (AvgIpc) is 3.49. The molecule has 35 heavy (non-hydrogen) atoms. The molecule has 0 aromatic carbocycles. The number of nitrogens with one attached hydrogen (secondary N) is 3. The smallest absolute Gasteiger partial charge is 0.306 e. The van der Waals surface area contributed by atoms with Crippen LogP contribution in [-0.4, -0.2) is 69.1 Å². The summed E-state index contributed by atoms with van der Waals surface area (Å²) in [6, 6.07) is 0.0671. The normalized spacial score (nSPS) is 23.9. The lowest BCUT2D eigenvalue weighted by Gasteiger charge is -2.28. The number of carboxylic acids is 1. The Morgan fingerprint density at radius 3 is 2.54 bits per heavy atom. The van der Waals surface area contributed by atoms with E-state index < -0.39 is 17.5 Å². The molecule has 3 heterocycles. The minimum Gasteiger partial charge on any atom is -0.481 e. The zero-order valence-electron chi connectivity index (χ0n) is 20.1. The number of carboxylic acid groups (broad SMARTS) is 1. The summed E-state index contributed by atoms with van der Waals surface area (Å²) in [6.45, 7) is 2.63. The number of oxime groups is 1. The third-order valence-electron chi connectivity index (χ3n) is 6.85. The van der Waals surface area contributed by atoms with Crippen molar-refractivity contribution in [3.63, 3.8) is 0 Å². The molecule has 2 aromatic rings. The highest BCUT2D eigenvalue weighted by atomic mass is 16.7. The highest BCUT2D eigenvalue weighted by Gasteiger charge is 2.48. The third-order valence-corrected chi connectivity index (χ3v) is 6.85. The lowest BCUT2D eigenvalue weighted by Crippen LogP contribution is -2.48. The Kier molecular flexibility index (Phi) is 6.90. The van der Waals surface area contributed by atoms with Gasteiger partial charge in [0.05, 0.1) is 35.3 Å². The van der Waals surface area contributed by atoms with Crippen LogP contribution in [0.1, 0.15) is 51.0 Å². The number of aryl methyl sites for hydroxylation is 1. The summed E-state index contributed by atoms with van der Waals surface area (Å²) in [7, 11) is 2.99. The molecule has 12 heteroatoms. The van der Waals surface area contributed by atoms with E-state index in [0.29, 0.717) is 49.2 Å². The van der Waals surface area contributed by atoms with Gasteiger partial charge in [-0.2, -0.15) is 5.10 Å². The van der Waals surface area contributed by atoms with Crippen molar-refractivity contribution in [2.24, 2.45) is 11.1 Å². The molecule has 12 nitrogen and oxygen atoms in total. The number of carbonyl (C=O) groups excluding carboxylic acids is 2. The van der Waals surface area contributed by atoms with Crippen molar-refractivity contribution >= 4 is 40.2 Å². The standard InChI is InChI=1S/C23H31N7O5/c1-4-30-20-16(12-27-30)19(28-14-7-5-13(6-8-14)21(32)33)15(11-26-20)17-9-23(35-29-17,22(34)25-3)10-18(31)24-2/h11-14H,4-10H2,1-3H3,(H,24,31)(H,25,34)(H,26,28)(H,32,33). The quantitative estimate of drug-likeness (QED) is 0.435. The fourth-order valence-electron chi connectivity index (χ4n) is 4.82. The first-order chi connectivity index (χ1) is 16.8. The minimum atomic E-state index is -1.45. The van der Waals surface area contributed by atoms with E-state index in [1.54, 1.807) is 17.1 Å². The van der Waals surface area contributed by atoms with Crippen molar-refractivity contribution in [2.45, 2.75) is 63.6 Å². The maximum absolute atomic E-state index is 12.7. The van der Waals surface area contributed by atoms with Gasteiger partial charge in [-0.3, -0.25) is 14.4 Å². The molecule has 0 radical (unpaired) electrons. The Balaban J connectivity index is 1.68. The van der Waals surface area contributed by atoms with E-state index in [1.165, 1.54) is 14.1 Å². The molecular formula is C23H31N7O5. The lowest BCUT2D eigenvalue weighted by molar-refractivity contribution is -0.149. The number of likely N-dealkylation sites (N-methyl/N-ethyl adjacent to an activating group) is 1. The number of amides is 2. The van der Waals surface area contributed by atoms with Gasteiger partial charge in [0.15, 0.2) is 5.65 Å². The molecule has 0 bridgehead atoms. The van der Waals surface area contributed by atoms with Gasteiger partial charge in [-0.1, -0.05) is 5.16 Å². The van der Waals surface area contributed by atoms with Crippen molar-refractivity contribution in [3.05, 3.63) is 18.0 Å². The van der Waals surface area contributed by atoms with Crippen LogP contribution in [0, 0.1) is 5.92 Å². The first-order valence-electron chi connectivity index (χ1n) is 11.8. The number of hydrogen-bond acceptors (Lipinski definition) is 8. The average molecular weight is 486 g/mol. The van der Waals surface area contributed by atoms with Crippen LogP contribution in [0.2, 0.25) is 0 Å². The molecule has 4 N–H and O–H groups in total. The monoisotopic (exact) mass is 485 g/mol. The fourth-order valence-corrected chi connectivity index (χ4v) is 4.82. The SMILES string of the molecule is CCn1ncc2c(NC3CCC(C(=O)O)CC3)c(C3=NOC(CC(=O)NC)(C(=O)NC)C3)cnc21. The maximum atomic E-state index is 12.7. The molecular weight excluding hydrogens is 454 g/mol. The fraction of sp³-hybridized carbons (Fsp3) is 0.565. The van der Waals surface area contributed by atoms with Gasteiger partial charge in [0.25, 0.3) is 5.91 Å². The predicted molar refractivity (Wildman–Crippen MR) is 128 cm³/mol. The number of anilines is 1.